The first-order chi connectivity index (χ1) is 11.8. The molecule has 0 fully saturated rings. The van der Waals surface area contributed by atoms with Crippen molar-refractivity contribution in [1.82, 2.24) is 30.2 Å². The van der Waals surface area contributed by atoms with E-state index >= 15 is 0 Å². The third kappa shape index (κ3) is 3.76. The molecule has 2 aromatic heterocycles. The number of methoxy groups -OCH3 is 1. The third-order valence-corrected chi connectivity index (χ3v) is 4.61. The van der Waals surface area contributed by atoms with Gasteiger partial charge in [-0.15, -0.1) is 10.2 Å². The van der Waals surface area contributed by atoms with Gasteiger partial charge in [0, 0.05) is 17.9 Å². The van der Waals surface area contributed by atoms with Gasteiger partial charge in [0.05, 0.1) is 19.0 Å². The lowest BCUT2D eigenvalue weighted by molar-refractivity contribution is 0.415. The zero-order chi connectivity index (χ0) is 16.8. The van der Waals surface area contributed by atoms with E-state index < -0.39 is 0 Å². The molecule has 0 atom stereocenters. The minimum Gasteiger partial charge on any atom is -0.497 e. The minimum atomic E-state index is 0.712. The van der Waals surface area contributed by atoms with Crippen molar-refractivity contribution >= 4 is 11.8 Å². The lowest BCUT2D eigenvalue weighted by Gasteiger charge is -2.09. The highest BCUT2D eigenvalue weighted by molar-refractivity contribution is 7.98. The van der Waals surface area contributed by atoms with Gasteiger partial charge in [0.15, 0.2) is 11.0 Å². The summed E-state index contributed by atoms with van der Waals surface area (Å²) in [5.41, 5.74) is 1.93. The summed E-state index contributed by atoms with van der Waals surface area (Å²) in [6.07, 6.45) is 3.93. The number of aromatic nitrogens is 6. The van der Waals surface area contributed by atoms with Gasteiger partial charge in [-0.3, -0.25) is 0 Å². The van der Waals surface area contributed by atoms with Gasteiger partial charge in [-0.1, -0.05) is 25.1 Å². The van der Waals surface area contributed by atoms with Crippen molar-refractivity contribution < 1.29 is 4.74 Å². The third-order valence-electron chi connectivity index (χ3n) is 3.61. The molecular weight excluding hydrogens is 324 g/mol. The first-order valence-corrected chi connectivity index (χ1v) is 8.85. The Morgan fingerprint density at radius 3 is 2.71 bits per heavy atom. The number of hydrogen-bond acceptors (Lipinski definition) is 6. The summed E-state index contributed by atoms with van der Waals surface area (Å²) >= 11 is 1.62. The normalized spacial score (nSPS) is 10.9. The fourth-order valence-corrected chi connectivity index (χ4v) is 3.15. The molecule has 24 heavy (non-hydrogen) atoms. The van der Waals surface area contributed by atoms with Crippen LogP contribution in [0.3, 0.4) is 0 Å². The second-order valence-electron chi connectivity index (χ2n) is 5.29. The summed E-state index contributed by atoms with van der Waals surface area (Å²) in [7, 11) is 1.66. The molecule has 3 rings (SSSR count). The van der Waals surface area contributed by atoms with Crippen LogP contribution < -0.4 is 4.74 Å². The molecule has 0 radical (unpaired) electrons. The quantitative estimate of drug-likeness (QED) is 0.632. The van der Waals surface area contributed by atoms with Crippen LogP contribution in [0, 0.1) is 0 Å². The van der Waals surface area contributed by atoms with Gasteiger partial charge in [-0.2, -0.15) is 15.4 Å². The molecule has 0 bridgehead atoms. The summed E-state index contributed by atoms with van der Waals surface area (Å²) in [4.78, 5) is 0. The van der Waals surface area contributed by atoms with Gasteiger partial charge in [0.1, 0.15) is 5.75 Å². The molecule has 7 nitrogen and oxygen atoms in total. The second kappa shape index (κ2) is 7.96. The van der Waals surface area contributed by atoms with Crippen molar-refractivity contribution in [3.05, 3.63) is 36.2 Å². The number of ether oxygens (including phenoxy) is 1. The Hall–Kier alpha value is -2.35. The Balaban J connectivity index is 1.84. The summed E-state index contributed by atoms with van der Waals surface area (Å²) in [6.45, 7) is 3.08. The second-order valence-corrected chi connectivity index (χ2v) is 6.23. The number of aromatic amines is 1. The molecule has 3 aromatic rings. The summed E-state index contributed by atoms with van der Waals surface area (Å²) in [5, 5.41) is 20.2. The van der Waals surface area contributed by atoms with E-state index in [1.807, 2.05) is 24.3 Å². The van der Waals surface area contributed by atoms with Crippen molar-refractivity contribution in [2.24, 2.45) is 0 Å². The monoisotopic (exact) mass is 344 g/mol. The Bertz CT molecular complexity index is 753. The standard InChI is InChI=1S/C16H20N6OS/c1-3-4-9-22-15(12-5-7-14(23-2)8-6-12)19-20-16(22)24-11-13-10-17-21-18-13/h5-8,10H,3-4,9,11H2,1-2H3,(H,17,18,21). The number of rotatable bonds is 8. The maximum atomic E-state index is 5.22. The highest BCUT2D eigenvalue weighted by Crippen LogP contribution is 2.27. The molecule has 0 amide bonds. The van der Waals surface area contributed by atoms with Crippen molar-refractivity contribution in [2.45, 2.75) is 37.2 Å². The molecular formula is C16H20N6OS. The molecule has 2 heterocycles. The summed E-state index contributed by atoms with van der Waals surface area (Å²) in [5.74, 6) is 2.43. The van der Waals surface area contributed by atoms with Crippen molar-refractivity contribution in [3.63, 3.8) is 0 Å². The number of nitrogens with one attached hydrogen (secondary N) is 1. The van der Waals surface area contributed by atoms with Crippen LogP contribution in [0.4, 0.5) is 0 Å². The predicted molar refractivity (Wildman–Crippen MR) is 92.9 cm³/mol. The van der Waals surface area contributed by atoms with Crippen LogP contribution in [0.15, 0.2) is 35.6 Å². The Labute approximate surface area is 144 Å². The van der Waals surface area contributed by atoms with Crippen molar-refractivity contribution in [2.75, 3.05) is 7.11 Å². The van der Waals surface area contributed by atoms with Gasteiger partial charge < -0.3 is 9.30 Å². The zero-order valence-corrected chi connectivity index (χ0v) is 14.6. The van der Waals surface area contributed by atoms with Gasteiger partial charge in [0.25, 0.3) is 0 Å². The molecule has 126 valence electrons. The Morgan fingerprint density at radius 1 is 1.21 bits per heavy atom. The van der Waals surface area contributed by atoms with E-state index in [0.717, 1.165) is 47.4 Å². The van der Waals surface area contributed by atoms with Crippen molar-refractivity contribution in [1.29, 1.82) is 0 Å². The lowest BCUT2D eigenvalue weighted by Crippen LogP contribution is -2.02. The van der Waals surface area contributed by atoms with E-state index in [9.17, 15) is 0 Å². The number of nitrogens with zero attached hydrogens (tertiary/aromatic N) is 5. The number of unbranched alkanes of at least 4 members (excludes halogenated alkanes) is 1. The van der Waals surface area contributed by atoms with E-state index in [1.54, 1.807) is 25.1 Å². The highest BCUT2D eigenvalue weighted by Gasteiger charge is 2.14. The summed E-state index contributed by atoms with van der Waals surface area (Å²) < 4.78 is 7.40. The van der Waals surface area contributed by atoms with Crippen LogP contribution in [-0.2, 0) is 12.3 Å². The number of benzene rings is 1. The topological polar surface area (TPSA) is 81.5 Å². The molecule has 0 aliphatic carbocycles. The fourth-order valence-electron chi connectivity index (χ4n) is 2.30. The molecule has 1 N–H and O–H groups in total. The first kappa shape index (κ1) is 16.5. The number of hydrogen-bond donors (Lipinski definition) is 1. The first-order valence-electron chi connectivity index (χ1n) is 7.87. The molecule has 0 aliphatic heterocycles. The number of H-pyrrole nitrogens is 1. The largest absolute Gasteiger partial charge is 0.497 e. The molecule has 1 aromatic carbocycles. The van der Waals surface area contributed by atoms with Gasteiger partial charge in [-0.25, -0.2) is 0 Å². The average molecular weight is 344 g/mol. The van der Waals surface area contributed by atoms with E-state index in [-0.39, 0.29) is 0 Å². The van der Waals surface area contributed by atoms with E-state index in [2.05, 4.69) is 37.1 Å². The molecule has 0 spiro atoms. The van der Waals surface area contributed by atoms with Gasteiger partial charge in [0.2, 0.25) is 0 Å². The van der Waals surface area contributed by atoms with Crippen LogP contribution >= 0.6 is 11.8 Å². The van der Waals surface area contributed by atoms with Crippen LogP contribution in [0.25, 0.3) is 11.4 Å². The SMILES string of the molecule is CCCCn1c(SCc2cn[nH]n2)nnc1-c1ccc(OC)cc1. The fraction of sp³-hybridized carbons (Fsp3) is 0.375. The van der Waals surface area contributed by atoms with Crippen LogP contribution in [0.1, 0.15) is 25.5 Å². The maximum Gasteiger partial charge on any atom is 0.191 e. The zero-order valence-electron chi connectivity index (χ0n) is 13.8. The van der Waals surface area contributed by atoms with E-state index in [4.69, 9.17) is 4.74 Å². The van der Waals surface area contributed by atoms with E-state index in [0.29, 0.717) is 5.75 Å². The Morgan fingerprint density at radius 2 is 2.04 bits per heavy atom. The lowest BCUT2D eigenvalue weighted by atomic mass is 10.2. The molecule has 8 heteroatoms. The predicted octanol–water partition coefficient (Wildman–Crippen LogP) is 3.16. The van der Waals surface area contributed by atoms with Crippen LogP contribution in [-0.4, -0.2) is 37.3 Å². The van der Waals surface area contributed by atoms with Crippen LogP contribution in [0.2, 0.25) is 0 Å². The smallest absolute Gasteiger partial charge is 0.191 e. The van der Waals surface area contributed by atoms with Gasteiger partial charge in [-0.05, 0) is 30.7 Å². The van der Waals surface area contributed by atoms with Crippen LogP contribution in [0.5, 0.6) is 5.75 Å². The summed E-state index contributed by atoms with van der Waals surface area (Å²) in [6, 6.07) is 7.90. The minimum absolute atomic E-state index is 0.712. The molecule has 0 aliphatic rings. The van der Waals surface area contributed by atoms with E-state index in [1.165, 1.54) is 0 Å². The van der Waals surface area contributed by atoms with Crippen molar-refractivity contribution in [3.8, 4) is 17.1 Å². The highest BCUT2D eigenvalue weighted by atomic mass is 32.2. The molecule has 0 unspecified atom stereocenters. The average Bonchev–Trinajstić information content (AvgIpc) is 3.27. The number of thioether (sulfide) groups is 1. The molecule has 0 saturated carbocycles. The maximum absolute atomic E-state index is 5.22. The Kier molecular flexibility index (Phi) is 5.47. The van der Waals surface area contributed by atoms with Gasteiger partial charge >= 0.3 is 0 Å². The molecule has 0 saturated heterocycles.